The van der Waals surface area contributed by atoms with Crippen LogP contribution in [0.15, 0.2) is 30.3 Å². The van der Waals surface area contributed by atoms with Crippen LogP contribution in [0.1, 0.15) is 20.9 Å². The fourth-order valence-corrected chi connectivity index (χ4v) is 3.72. The minimum atomic E-state index is 0.0171. The van der Waals surface area contributed by atoms with Gasteiger partial charge in [-0.1, -0.05) is 12.1 Å². The number of carbonyl (C=O) groups is 1. The van der Waals surface area contributed by atoms with Crippen LogP contribution in [0.2, 0.25) is 0 Å². The largest absolute Gasteiger partial charge is 0.492 e. The van der Waals surface area contributed by atoms with E-state index in [1.54, 1.807) is 11.9 Å². The van der Waals surface area contributed by atoms with E-state index in [0.29, 0.717) is 13.2 Å². The summed E-state index contributed by atoms with van der Waals surface area (Å²) in [5, 5.41) is 5.42. The molecule has 0 fully saturated rings. The summed E-state index contributed by atoms with van der Waals surface area (Å²) in [6.45, 7) is 5.00. The van der Waals surface area contributed by atoms with E-state index in [2.05, 4.69) is 5.10 Å². The molecule has 0 atom stereocenters. The minimum absolute atomic E-state index is 0.0171. The lowest BCUT2D eigenvalue weighted by Gasteiger charge is -2.16. The van der Waals surface area contributed by atoms with Crippen molar-refractivity contribution in [3.05, 3.63) is 46.5 Å². The number of ether oxygens (including phenoxy) is 1. The van der Waals surface area contributed by atoms with Gasteiger partial charge in [0, 0.05) is 19.5 Å². The van der Waals surface area contributed by atoms with Crippen molar-refractivity contribution in [1.82, 2.24) is 14.7 Å². The first-order chi connectivity index (χ1) is 11.5. The number of rotatable bonds is 5. The van der Waals surface area contributed by atoms with Gasteiger partial charge in [0.1, 0.15) is 17.2 Å². The summed E-state index contributed by atoms with van der Waals surface area (Å²) in [5.41, 5.74) is 2.11. The zero-order valence-corrected chi connectivity index (χ0v) is 15.2. The molecular formula is C18H21N3O2S. The molecule has 126 valence electrons. The second kappa shape index (κ2) is 6.65. The maximum absolute atomic E-state index is 12.6. The molecule has 3 aromatic rings. The average molecular weight is 343 g/mol. The number of amides is 1. The van der Waals surface area contributed by atoms with Crippen molar-refractivity contribution in [3.8, 4) is 5.75 Å². The van der Waals surface area contributed by atoms with Gasteiger partial charge < -0.3 is 9.64 Å². The summed E-state index contributed by atoms with van der Waals surface area (Å²) < 4.78 is 7.55. The van der Waals surface area contributed by atoms with Crippen molar-refractivity contribution in [2.75, 3.05) is 20.2 Å². The maximum Gasteiger partial charge on any atom is 0.263 e. The lowest BCUT2D eigenvalue weighted by Crippen LogP contribution is -2.30. The Hall–Kier alpha value is -2.34. The maximum atomic E-state index is 12.6. The van der Waals surface area contributed by atoms with Gasteiger partial charge in [-0.15, -0.1) is 11.3 Å². The third kappa shape index (κ3) is 3.28. The highest BCUT2D eigenvalue weighted by atomic mass is 32.1. The standard InChI is InChI=1S/C18H21N3O2S/c1-12-6-5-7-14(10-12)23-9-8-20(3)17(22)16-11-15-13(2)19-21(4)18(15)24-16/h5-7,10-11H,8-9H2,1-4H3. The zero-order valence-electron chi connectivity index (χ0n) is 14.4. The number of likely N-dealkylation sites (N-methyl/N-ethyl adjacent to an activating group) is 1. The van der Waals surface area contributed by atoms with Crippen LogP contribution in [0.25, 0.3) is 10.2 Å². The Morgan fingerprint density at radius 1 is 1.33 bits per heavy atom. The van der Waals surface area contributed by atoms with E-state index < -0.39 is 0 Å². The number of fused-ring (bicyclic) bond motifs is 1. The molecule has 3 rings (SSSR count). The third-order valence-corrected chi connectivity index (χ3v) is 5.13. The van der Waals surface area contributed by atoms with Gasteiger partial charge in [0.15, 0.2) is 0 Å². The Labute approximate surface area is 145 Å². The van der Waals surface area contributed by atoms with Crippen molar-refractivity contribution < 1.29 is 9.53 Å². The Balaban J connectivity index is 1.62. The third-order valence-electron chi connectivity index (χ3n) is 3.94. The van der Waals surface area contributed by atoms with Gasteiger partial charge in [0.05, 0.1) is 17.1 Å². The fourth-order valence-electron chi connectivity index (χ4n) is 2.61. The SMILES string of the molecule is Cc1cccc(OCCN(C)C(=O)c2cc3c(C)nn(C)c3s2)c1. The van der Waals surface area contributed by atoms with Gasteiger partial charge >= 0.3 is 0 Å². The molecule has 5 nitrogen and oxygen atoms in total. The lowest BCUT2D eigenvalue weighted by atomic mass is 10.2. The van der Waals surface area contributed by atoms with Crippen LogP contribution in [-0.4, -0.2) is 40.8 Å². The van der Waals surface area contributed by atoms with Crippen LogP contribution >= 0.6 is 11.3 Å². The molecule has 1 aromatic carbocycles. The smallest absolute Gasteiger partial charge is 0.263 e. The summed E-state index contributed by atoms with van der Waals surface area (Å²) in [6, 6.07) is 9.84. The molecule has 0 bridgehead atoms. The molecule has 6 heteroatoms. The molecule has 0 N–H and O–H groups in total. The fraction of sp³-hybridized carbons (Fsp3) is 0.333. The van der Waals surface area contributed by atoms with E-state index in [4.69, 9.17) is 4.74 Å². The summed E-state index contributed by atoms with van der Waals surface area (Å²) in [5.74, 6) is 0.850. The van der Waals surface area contributed by atoms with Gasteiger partial charge in [-0.2, -0.15) is 5.10 Å². The average Bonchev–Trinajstić information content (AvgIpc) is 3.09. The molecule has 0 saturated heterocycles. The first-order valence-corrected chi connectivity index (χ1v) is 8.65. The van der Waals surface area contributed by atoms with E-state index in [-0.39, 0.29) is 5.91 Å². The Morgan fingerprint density at radius 2 is 2.12 bits per heavy atom. The van der Waals surface area contributed by atoms with Crippen molar-refractivity contribution in [3.63, 3.8) is 0 Å². The zero-order chi connectivity index (χ0) is 17.3. The molecular weight excluding hydrogens is 322 g/mol. The van der Waals surface area contributed by atoms with E-state index in [1.807, 2.05) is 55.9 Å². The van der Waals surface area contributed by atoms with Crippen LogP contribution in [0.5, 0.6) is 5.75 Å². The molecule has 24 heavy (non-hydrogen) atoms. The second-order valence-electron chi connectivity index (χ2n) is 5.93. The molecule has 0 spiro atoms. The summed E-state index contributed by atoms with van der Waals surface area (Å²) in [4.78, 5) is 16.0. The topological polar surface area (TPSA) is 47.4 Å². The van der Waals surface area contributed by atoms with Gasteiger partial charge in [0.25, 0.3) is 5.91 Å². The normalized spacial score (nSPS) is 11.0. The molecule has 0 unspecified atom stereocenters. The molecule has 0 aliphatic rings. The Kier molecular flexibility index (Phi) is 4.57. The van der Waals surface area contributed by atoms with Crippen molar-refractivity contribution in [2.24, 2.45) is 7.05 Å². The quantitative estimate of drug-likeness (QED) is 0.713. The number of benzene rings is 1. The van der Waals surface area contributed by atoms with E-state index in [0.717, 1.165) is 32.1 Å². The summed E-state index contributed by atoms with van der Waals surface area (Å²) >= 11 is 1.48. The Bertz CT molecular complexity index is 847. The van der Waals surface area contributed by atoms with Crippen molar-refractivity contribution in [2.45, 2.75) is 13.8 Å². The predicted octanol–water partition coefficient (Wildman–Crippen LogP) is 3.40. The first-order valence-electron chi connectivity index (χ1n) is 7.84. The van der Waals surface area contributed by atoms with Crippen LogP contribution in [0.3, 0.4) is 0 Å². The predicted molar refractivity (Wildman–Crippen MR) is 97.0 cm³/mol. The highest BCUT2D eigenvalue weighted by molar-refractivity contribution is 7.20. The second-order valence-corrected chi connectivity index (χ2v) is 6.96. The molecule has 0 saturated carbocycles. The number of carbonyl (C=O) groups excluding carboxylic acids is 1. The van der Waals surface area contributed by atoms with Crippen LogP contribution in [0, 0.1) is 13.8 Å². The number of hydrogen-bond acceptors (Lipinski definition) is 4. The number of hydrogen-bond donors (Lipinski definition) is 0. The van der Waals surface area contributed by atoms with Gasteiger partial charge in [-0.05, 0) is 37.6 Å². The van der Waals surface area contributed by atoms with Crippen LogP contribution in [0.4, 0.5) is 0 Å². The highest BCUT2D eigenvalue weighted by Gasteiger charge is 2.18. The van der Waals surface area contributed by atoms with Gasteiger partial charge in [-0.3, -0.25) is 9.48 Å². The monoisotopic (exact) mass is 343 g/mol. The lowest BCUT2D eigenvalue weighted by molar-refractivity contribution is 0.0778. The molecule has 2 aromatic heterocycles. The van der Waals surface area contributed by atoms with Crippen LogP contribution < -0.4 is 4.74 Å². The van der Waals surface area contributed by atoms with Crippen molar-refractivity contribution in [1.29, 1.82) is 0 Å². The molecule has 0 aliphatic carbocycles. The Morgan fingerprint density at radius 3 is 2.83 bits per heavy atom. The van der Waals surface area contributed by atoms with E-state index in [1.165, 1.54) is 11.3 Å². The minimum Gasteiger partial charge on any atom is -0.492 e. The highest BCUT2D eigenvalue weighted by Crippen LogP contribution is 2.28. The van der Waals surface area contributed by atoms with E-state index >= 15 is 0 Å². The molecule has 2 heterocycles. The number of nitrogens with zero attached hydrogens (tertiary/aromatic N) is 3. The number of thiophene rings is 1. The molecule has 0 aliphatic heterocycles. The molecule has 0 radical (unpaired) electrons. The summed E-state index contributed by atoms with van der Waals surface area (Å²) in [6.07, 6.45) is 0. The first kappa shape index (κ1) is 16.5. The van der Waals surface area contributed by atoms with E-state index in [9.17, 15) is 4.79 Å². The molecule has 1 amide bonds. The van der Waals surface area contributed by atoms with Crippen LogP contribution in [-0.2, 0) is 7.05 Å². The number of aryl methyl sites for hydroxylation is 3. The van der Waals surface area contributed by atoms with Crippen molar-refractivity contribution >= 4 is 27.5 Å². The number of aromatic nitrogens is 2. The van der Waals surface area contributed by atoms with Gasteiger partial charge in [-0.25, -0.2) is 0 Å². The van der Waals surface area contributed by atoms with Gasteiger partial charge in [0.2, 0.25) is 0 Å². The summed E-state index contributed by atoms with van der Waals surface area (Å²) in [7, 11) is 3.71.